The molecule has 0 saturated carbocycles. The Labute approximate surface area is 123 Å². The molecule has 1 aliphatic heterocycles. The van der Waals surface area contributed by atoms with Crippen LogP contribution in [0.3, 0.4) is 0 Å². The van der Waals surface area contributed by atoms with Gasteiger partial charge in [-0.15, -0.1) is 0 Å². The number of hydrogen-bond donors (Lipinski definition) is 0. The third-order valence-electron chi connectivity index (χ3n) is 3.25. The summed E-state index contributed by atoms with van der Waals surface area (Å²) in [5, 5.41) is 4.24. The Kier molecular flexibility index (Phi) is 3.36. The third kappa shape index (κ3) is 2.73. The molecule has 0 N–H and O–H groups in total. The van der Waals surface area contributed by atoms with E-state index in [1.807, 2.05) is 23.7 Å². The van der Waals surface area contributed by atoms with Crippen LogP contribution < -0.4 is 9.47 Å². The van der Waals surface area contributed by atoms with Crippen molar-refractivity contribution in [2.24, 2.45) is 0 Å². The van der Waals surface area contributed by atoms with E-state index in [0.29, 0.717) is 23.6 Å². The predicted octanol–water partition coefficient (Wildman–Crippen LogP) is 1.84. The normalized spacial score (nSPS) is 13.6. The van der Waals surface area contributed by atoms with Crippen molar-refractivity contribution < 1.29 is 17.9 Å². The van der Waals surface area contributed by atoms with Gasteiger partial charge in [0.25, 0.3) is 0 Å². The number of nitrogens with zero attached hydrogens (tertiary/aromatic N) is 2. The standard InChI is InChI=1S/C14H16N2O4S/c1-3-16-12(4-5-15-16)11-6-10(8-21(2,17)18)7-13-14(11)20-9-19-13/h4-7H,3,8-9H2,1-2H3. The van der Waals surface area contributed by atoms with E-state index in [0.717, 1.165) is 11.3 Å². The highest BCUT2D eigenvalue weighted by molar-refractivity contribution is 7.89. The highest BCUT2D eigenvalue weighted by atomic mass is 32.2. The van der Waals surface area contributed by atoms with Crippen LogP contribution in [0.4, 0.5) is 0 Å². The Balaban J connectivity index is 2.15. The third-order valence-corrected chi connectivity index (χ3v) is 4.11. The van der Waals surface area contributed by atoms with Crippen LogP contribution >= 0.6 is 0 Å². The van der Waals surface area contributed by atoms with Crippen LogP contribution in [0.15, 0.2) is 24.4 Å². The van der Waals surface area contributed by atoms with Gasteiger partial charge >= 0.3 is 0 Å². The molecule has 0 radical (unpaired) electrons. The van der Waals surface area contributed by atoms with Crippen molar-refractivity contribution in [3.05, 3.63) is 30.0 Å². The van der Waals surface area contributed by atoms with Gasteiger partial charge in [0.1, 0.15) is 0 Å². The van der Waals surface area contributed by atoms with E-state index in [1.165, 1.54) is 6.26 Å². The molecule has 0 spiro atoms. The Morgan fingerprint density at radius 3 is 2.86 bits per heavy atom. The minimum atomic E-state index is -3.11. The van der Waals surface area contributed by atoms with Gasteiger partial charge in [0.05, 0.1) is 11.4 Å². The van der Waals surface area contributed by atoms with Crippen molar-refractivity contribution in [2.75, 3.05) is 13.0 Å². The van der Waals surface area contributed by atoms with Gasteiger partial charge in [-0.2, -0.15) is 5.10 Å². The lowest BCUT2D eigenvalue weighted by molar-refractivity contribution is 0.174. The summed E-state index contributed by atoms with van der Waals surface area (Å²) >= 11 is 0. The van der Waals surface area contributed by atoms with E-state index in [9.17, 15) is 8.42 Å². The number of hydrogen-bond acceptors (Lipinski definition) is 5. The molecule has 2 heterocycles. The fraction of sp³-hybridized carbons (Fsp3) is 0.357. The minimum Gasteiger partial charge on any atom is -0.454 e. The van der Waals surface area contributed by atoms with Crippen molar-refractivity contribution in [1.29, 1.82) is 0 Å². The molecule has 2 aromatic rings. The highest BCUT2D eigenvalue weighted by Crippen LogP contribution is 2.42. The summed E-state index contributed by atoms with van der Waals surface area (Å²) in [7, 11) is -3.11. The van der Waals surface area contributed by atoms with Gasteiger partial charge < -0.3 is 9.47 Å². The van der Waals surface area contributed by atoms with Crippen molar-refractivity contribution in [3.63, 3.8) is 0 Å². The maximum atomic E-state index is 11.5. The predicted molar refractivity (Wildman–Crippen MR) is 78.0 cm³/mol. The van der Waals surface area contributed by atoms with Crippen molar-refractivity contribution in [1.82, 2.24) is 9.78 Å². The summed E-state index contributed by atoms with van der Waals surface area (Å²) in [4.78, 5) is 0. The Hall–Kier alpha value is -2.02. The summed E-state index contributed by atoms with van der Waals surface area (Å²) in [6.45, 7) is 2.85. The summed E-state index contributed by atoms with van der Waals surface area (Å²) in [5.74, 6) is 1.19. The monoisotopic (exact) mass is 308 g/mol. The van der Waals surface area contributed by atoms with Gasteiger partial charge in [-0.1, -0.05) is 0 Å². The van der Waals surface area contributed by atoms with Gasteiger partial charge in [0, 0.05) is 24.6 Å². The van der Waals surface area contributed by atoms with Crippen molar-refractivity contribution >= 4 is 9.84 Å². The molecule has 1 aromatic heterocycles. The zero-order valence-corrected chi connectivity index (χ0v) is 12.7. The first-order valence-corrected chi connectivity index (χ1v) is 8.66. The van der Waals surface area contributed by atoms with E-state index in [1.54, 1.807) is 12.3 Å². The van der Waals surface area contributed by atoms with Crippen LogP contribution in [0.1, 0.15) is 12.5 Å². The lowest BCUT2D eigenvalue weighted by atomic mass is 10.1. The number of benzene rings is 1. The van der Waals surface area contributed by atoms with Crippen LogP contribution in [0.5, 0.6) is 11.5 Å². The van der Waals surface area contributed by atoms with E-state index < -0.39 is 9.84 Å². The number of rotatable bonds is 4. The van der Waals surface area contributed by atoms with Crippen LogP contribution in [0.2, 0.25) is 0 Å². The fourth-order valence-electron chi connectivity index (χ4n) is 2.46. The van der Waals surface area contributed by atoms with Gasteiger partial charge in [0.2, 0.25) is 6.79 Å². The molecule has 0 bridgehead atoms. The van der Waals surface area contributed by atoms with Crippen molar-refractivity contribution in [2.45, 2.75) is 19.2 Å². The van der Waals surface area contributed by atoms with E-state index >= 15 is 0 Å². The average molecular weight is 308 g/mol. The Bertz CT molecular complexity index is 780. The molecule has 0 unspecified atom stereocenters. The molecule has 0 fully saturated rings. The van der Waals surface area contributed by atoms with Gasteiger partial charge in [-0.05, 0) is 30.7 Å². The second kappa shape index (κ2) is 5.07. The molecule has 0 amide bonds. The Morgan fingerprint density at radius 2 is 2.14 bits per heavy atom. The number of aryl methyl sites for hydroxylation is 1. The maximum absolute atomic E-state index is 11.5. The lowest BCUT2D eigenvalue weighted by Crippen LogP contribution is -2.03. The van der Waals surface area contributed by atoms with Crippen LogP contribution in [-0.2, 0) is 22.1 Å². The molecule has 7 heteroatoms. The summed E-state index contributed by atoms with van der Waals surface area (Å²) < 4.78 is 35.8. The smallest absolute Gasteiger partial charge is 0.231 e. The largest absolute Gasteiger partial charge is 0.454 e. The fourth-order valence-corrected chi connectivity index (χ4v) is 3.23. The van der Waals surface area contributed by atoms with E-state index in [4.69, 9.17) is 9.47 Å². The quantitative estimate of drug-likeness (QED) is 0.862. The van der Waals surface area contributed by atoms with Crippen LogP contribution in [-0.4, -0.2) is 31.2 Å². The highest BCUT2D eigenvalue weighted by Gasteiger charge is 2.23. The summed E-state index contributed by atoms with van der Waals surface area (Å²) in [6, 6.07) is 5.43. The number of fused-ring (bicyclic) bond motifs is 1. The topological polar surface area (TPSA) is 70.4 Å². The van der Waals surface area contributed by atoms with Gasteiger partial charge in [0.15, 0.2) is 21.3 Å². The average Bonchev–Trinajstić information content (AvgIpc) is 3.03. The molecule has 0 atom stereocenters. The number of sulfone groups is 1. The van der Waals surface area contributed by atoms with Crippen molar-refractivity contribution in [3.8, 4) is 22.8 Å². The Morgan fingerprint density at radius 1 is 1.33 bits per heavy atom. The number of aromatic nitrogens is 2. The zero-order chi connectivity index (χ0) is 15.0. The molecule has 3 rings (SSSR count). The SMILES string of the molecule is CCn1nccc1-c1cc(CS(C)(=O)=O)cc2c1OCO2. The second-order valence-corrected chi connectivity index (χ2v) is 7.12. The first-order chi connectivity index (χ1) is 9.98. The van der Waals surface area contributed by atoms with Crippen LogP contribution in [0.25, 0.3) is 11.3 Å². The molecule has 0 aliphatic carbocycles. The zero-order valence-electron chi connectivity index (χ0n) is 11.9. The molecule has 0 saturated heterocycles. The molecule has 1 aliphatic rings. The maximum Gasteiger partial charge on any atom is 0.231 e. The minimum absolute atomic E-state index is 0.0309. The number of ether oxygens (including phenoxy) is 2. The van der Waals surface area contributed by atoms with Crippen LogP contribution in [0, 0.1) is 0 Å². The molecular formula is C14H16N2O4S. The van der Waals surface area contributed by atoms with Gasteiger partial charge in [-0.3, -0.25) is 4.68 Å². The lowest BCUT2D eigenvalue weighted by Gasteiger charge is -2.10. The van der Waals surface area contributed by atoms with Gasteiger partial charge in [-0.25, -0.2) is 8.42 Å². The molecule has 112 valence electrons. The van der Waals surface area contributed by atoms with E-state index in [2.05, 4.69) is 5.10 Å². The van der Waals surface area contributed by atoms with E-state index in [-0.39, 0.29) is 12.5 Å². The first kappa shape index (κ1) is 13.9. The molecule has 1 aromatic carbocycles. The molecule has 21 heavy (non-hydrogen) atoms. The second-order valence-electron chi connectivity index (χ2n) is 4.98. The summed E-state index contributed by atoms with van der Waals surface area (Å²) in [6.07, 6.45) is 2.93. The molecular weight excluding hydrogens is 292 g/mol. The summed E-state index contributed by atoms with van der Waals surface area (Å²) in [5.41, 5.74) is 2.37. The molecule has 6 nitrogen and oxygen atoms in total. The first-order valence-electron chi connectivity index (χ1n) is 6.60.